The van der Waals surface area contributed by atoms with Crippen LogP contribution in [0, 0.1) is 0 Å². The zero-order valence-electron chi connectivity index (χ0n) is 22.3. The predicted octanol–water partition coefficient (Wildman–Crippen LogP) is 6.32. The van der Waals surface area contributed by atoms with E-state index in [1.54, 1.807) is 13.8 Å². The van der Waals surface area contributed by atoms with Crippen LogP contribution in [-0.2, 0) is 19.1 Å². The fourth-order valence-electron chi connectivity index (χ4n) is 2.76. The summed E-state index contributed by atoms with van der Waals surface area (Å²) in [5.74, 6) is 0.0561. The summed E-state index contributed by atoms with van der Waals surface area (Å²) in [4.78, 5) is 31.8. The molecule has 2 aromatic rings. The first-order chi connectivity index (χ1) is 17.0. The summed E-state index contributed by atoms with van der Waals surface area (Å²) in [6.07, 6.45) is 0.999. The van der Waals surface area contributed by atoms with Crippen LogP contribution in [0.1, 0.15) is 86.5 Å². The Kier molecular flexibility index (Phi) is 16.1. The molecule has 0 aromatic heterocycles. The normalized spacial score (nSPS) is 10.7. The van der Waals surface area contributed by atoms with E-state index in [4.69, 9.17) is 4.74 Å². The molecule has 0 fully saturated rings. The second kappa shape index (κ2) is 17.9. The van der Waals surface area contributed by atoms with Crippen molar-refractivity contribution < 1.29 is 29.0 Å². The summed E-state index contributed by atoms with van der Waals surface area (Å²) in [5.41, 5.74) is 3.92. The summed E-state index contributed by atoms with van der Waals surface area (Å²) in [5, 5.41) is 10.0. The maximum atomic E-state index is 11.5. The number of hydrogen-bond donors (Lipinski definition) is 1. The van der Waals surface area contributed by atoms with Crippen molar-refractivity contribution in [1.29, 1.82) is 0 Å². The summed E-state index contributed by atoms with van der Waals surface area (Å²) in [7, 11) is 0. The molecule has 0 heterocycles. The van der Waals surface area contributed by atoms with Crippen LogP contribution in [0.3, 0.4) is 0 Å². The lowest BCUT2D eigenvalue weighted by atomic mass is 9.97. The molecule has 6 heteroatoms. The van der Waals surface area contributed by atoms with Gasteiger partial charge in [0.05, 0.1) is 18.8 Å². The van der Waals surface area contributed by atoms with Gasteiger partial charge in [-0.15, -0.1) is 0 Å². The van der Waals surface area contributed by atoms with Crippen LogP contribution >= 0.6 is 0 Å². The Morgan fingerprint density at radius 3 is 1.58 bits per heavy atom. The van der Waals surface area contributed by atoms with E-state index in [-0.39, 0.29) is 18.1 Å². The molecule has 0 aliphatic heterocycles. The van der Waals surface area contributed by atoms with E-state index < -0.39 is 12.1 Å². The molecule has 1 unspecified atom stereocenters. The summed E-state index contributed by atoms with van der Waals surface area (Å²) in [6.45, 7) is 19.4. The lowest BCUT2D eigenvalue weighted by Crippen LogP contribution is -2.13. The van der Waals surface area contributed by atoms with Crippen molar-refractivity contribution in [3.63, 3.8) is 0 Å². The second-order valence-corrected chi connectivity index (χ2v) is 8.37. The number of aliphatic hydroxyl groups excluding tert-OH is 1. The molecule has 1 atom stereocenters. The molecular formula is C30H40O6. The first kappa shape index (κ1) is 32.5. The molecule has 1 N–H and O–H groups in total. The molecule has 196 valence electrons. The molecule has 36 heavy (non-hydrogen) atoms. The molecule has 0 spiro atoms. The molecule has 0 aliphatic rings. The van der Waals surface area contributed by atoms with Crippen LogP contribution in [0.4, 0.5) is 0 Å². The Labute approximate surface area is 215 Å². The molecule has 0 radical (unpaired) electrons. The van der Waals surface area contributed by atoms with Crippen molar-refractivity contribution in [1.82, 2.24) is 0 Å². The van der Waals surface area contributed by atoms with E-state index in [2.05, 4.69) is 45.6 Å². The third-order valence-electron chi connectivity index (χ3n) is 4.98. The number of esters is 2. The van der Waals surface area contributed by atoms with Crippen LogP contribution in [0.5, 0.6) is 0 Å². The van der Waals surface area contributed by atoms with Crippen LogP contribution in [-0.4, -0.2) is 36.5 Å². The average molecular weight is 497 g/mol. The van der Waals surface area contributed by atoms with Gasteiger partial charge in [0, 0.05) is 11.6 Å². The lowest BCUT2D eigenvalue weighted by molar-refractivity contribution is -0.140. The fraction of sp³-hybridized carbons (Fsp3) is 0.367. The monoisotopic (exact) mass is 496 g/mol. The Bertz CT molecular complexity index is 956. The third-order valence-corrected chi connectivity index (χ3v) is 4.98. The van der Waals surface area contributed by atoms with E-state index in [1.807, 2.05) is 48.5 Å². The minimum absolute atomic E-state index is 0.0640. The van der Waals surface area contributed by atoms with Gasteiger partial charge in [-0.25, -0.2) is 9.59 Å². The number of aldehydes is 1. The highest BCUT2D eigenvalue weighted by molar-refractivity contribution is 5.89. The van der Waals surface area contributed by atoms with Gasteiger partial charge in [0.15, 0.2) is 0 Å². The standard InChI is InChI=1S/C15H20O3.C10H12O.C5H8O2/c1-5-18-15(17)11(4)14(16)13-8-6-12(7-9-13)10(2)3;1-8(2)10-5-3-9(7-11)4-6-10;1-3-5(6)7-4-2/h6-10,14,16H,4-5H2,1-3H3;3-8H,1-2H3;3H,1,4H2,2H3. The first-order valence-corrected chi connectivity index (χ1v) is 12.0. The molecule has 6 nitrogen and oxygen atoms in total. The van der Waals surface area contributed by atoms with Gasteiger partial charge in [0.1, 0.15) is 12.4 Å². The highest BCUT2D eigenvalue weighted by atomic mass is 16.5. The topological polar surface area (TPSA) is 89.9 Å². The van der Waals surface area contributed by atoms with Crippen LogP contribution in [0.2, 0.25) is 0 Å². The van der Waals surface area contributed by atoms with Crippen molar-refractivity contribution in [3.05, 3.63) is 95.6 Å². The van der Waals surface area contributed by atoms with Gasteiger partial charge in [0.25, 0.3) is 0 Å². The first-order valence-electron chi connectivity index (χ1n) is 12.0. The SMILES string of the molecule is C=C(C(=O)OCC)C(O)c1ccc(C(C)C)cc1.C=CC(=O)OCC.CC(C)c1ccc(C=O)cc1. The largest absolute Gasteiger partial charge is 0.463 e. The molecular weight excluding hydrogens is 456 g/mol. The number of rotatable bonds is 9. The van der Waals surface area contributed by atoms with Crippen molar-refractivity contribution >= 4 is 18.2 Å². The molecule has 0 amide bonds. The second-order valence-electron chi connectivity index (χ2n) is 8.37. The van der Waals surface area contributed by atoms with Gasteiger partial charge in [-0.3, -0.25) is 4.79 Å². The Morgan fingerprint density at radius 2 is 1.25 bits per heavy atom. The minimum Gasteiger partial charge on any atom is -0.463 e. The summed E-state index contributed by atoms with van der Waals surface area (Å²) < 4.78 is 9.24. The molecule has 0 aliphatic carbocycles. The van der Waals surface area contributed by atoms with Gasteiger partial charge in [-0.1, -0.05) is 89.4 Å². The van der Waals surface area contributed by atoms with E-state index >= 15 is 0 Å². The van der Waals surface area contributed by atoms with Crippen LogP contribution < -0.4 is 0 Å². The van der Waals surface area contributed by atoms with Crippen molar-refractivity contribution in [2.75, 3.05) is 13.2 Å². The van der Waals surface area contributed by atoms with Crippen LogP contribution in [0.15, 0.2) is 73.3 Å². The highest BCUT2D eigenvalue weighted by Gasteiger charge is 2.19. The predicted molar refractivity (Wildman–Crippen MR) is 144 cm³/mol. The van der Waals surface area contributed by atoms with E-state index in [1.165, 1.54) is 11.1 Å². The lowest BCUT2D eigenvalue weighted by Gasteiger charge is -2.14. The summed E-state index contributed by atoms with van der Waals surface area (Å²) in [6, 6.07) is 15.2. The zero-order valence-corrected chi connectivity index (χ0v) is 22.3. The third kappa shape index (κ3) is 12.3. The maximum Gasteiger partial charge on any atom is 0.336 e. The highest BCUT2D eigenvalue weighted by Crippen LogP contribution is 2.23. The number of ether oxygens (including phenoxy) is 2. The molecule has 2 aromatic carbocycles. The van der Waals surface area contributed by atoms with E-state index in [9.17, 15) is 19.5 Å². The Balaban J connectivity index is 0.000000576. The average Bonchev–Trinajstić information content (AvgIpc) is 2.88. The number of carbonyl (C=O) groups excluding carboxylic acids is 3. The minimum atomic E-state index is -1.01. The molecule has 2 rings (SSSR count). The number of hydrogen-bond acceptors (Lipinski definition) is 6. The number of carbonyl (C=O) groups is 3. The summed E-state index contributed by atoms with van der Waals surface area (Å²) >= 11 is 0. The smallest absolute Gasteiger partial charge is 0.336 e. The van der Waals surface area contributed by atoms with Gasteiger partial charge in [0.2, 0.25) is 0 Å². The fourth-order valence-corrected chi connectivity index (χ4v) is 2.76. The van der Waals surface area contributed by atoms with Crippen molar-refractivity contribution in [2.24, 2.45) is 0 Å². The molecule has 0 saturated carbocycles. The van der Waals surface area contributed by atoms with Gasteiger partial charge >= 0.3 is 11.9 Å². The molecule has 0 bridgehead atoms. The van der Waals surface area contributed by atoms with E-state index in [0.29, 0.717) is 24.0 Å². The number of benzene rings is 2. The Morgan fingerprint density at radius 1 is 0.833 bits per heavy atom. The van der Waals surface area contributed by atoms with Gasteiger partial charge in [-0.05, 0) is 42.4 Å². The van der Waals surface area contributed by atoms with Gasteiger partial charge < -0.3 is 14.6 Å². The van der Waals surface area contributed by atoms with E-state index in [0.717, 1.165) is 17.9 Å². The number of aliphatic hydroxyl groups is 1. The quantitative estimate of drug-likeness (QED) is 0.248. The Hall–Kier alpha value is -3.51. The van der Waals surface area contributed by atoms with Crippen molar-refractivity contribution in [2.45, 2.75) is 59.5 Å². The van der Waals surface area contributed by atoms with Crippen molar-refractivity contribution in [3.8, 4) is 0 Å². The maximum absolute atomic E-state index is 11.5. The van der Waals surface area contributed by atoms with Gasteiger partial charge in [-0.2, -0.15) is 0 Å². The zero-order chi connectivity index (χ0) is 27.7. The molecule has 0 saturated heterocycles. The van der Waals surface area contributed by atoms with Crippen LogP contribution in [0.25, 0.3) is 0 Å².